The zero-order valence-corrected chi connectivity index (χ0v) is 17.2. The van der Waals surface area contributed by atoms with Crippen LogP contribution >= 0.6 is 11.6 Å². The van der Waals surface area contributed by atoms with E-state index in [1.165, 1.54) is 0 Å². The minimum atomic E-state index is -0.606. The van der Waals surface area contributed by atoms with Crippen LogP contribution < -0.4 is 16.8 Å². The van der Waals surface area contributed by atoms with E-state index in [1.807, 2.05) is 13.8 Å². The summed E-state index contributed by atoms with van der Waals surface area (Å²) in [6, 6.07) is 7.77. The summed E-state index contributed by atoms with van der Waals surface area (Å²) in [5.74, 6) is -1.07. The van der Waals surface area contributed by atoms with Crippen LogP contribution in [0, 0.1) is 12.7 Å². The number of ketones is 1. The molecule has 2 aromatic rings. The van der Waals surface area contributed by atoms with E-state index in [1.54, 1.807) is 37.3 Å². The van der Waals surface area contributed by atoms with Crippen molar-refractivity contribution in [3.8, 4) is 0 Å². The highest BCUT2D eigenvalue weighted by Crippen LogP contribution is 2.30. The molecule has 4 nitrogen and oxygen atoms in total. The number of anilines is 1. The van der Waals surface area contributed by atoms with Gasteiger partial charge in [0.25, 0.3) is 0 Å². The predicted molar refractivity (Wildman–Crippen MR) is 114 cm³/mol. The summed E-state index contributed by atoms with van der Waals surface area (Å²) in [6.07, 6.45) is 1.21. The summed E-state index contributed by atoms with van der Waals surface area (Å²) >= 11 is 6.21. The molecular formula is C22H27ClFN3O. The van der Waals surface area contributed by atoms with Crippen molar-refractivity contribution in [1.29, 1.82) is 0 Å². The first-order chi connectivity index (χ1) is 13.1. The molecule has 0 spiro atoms. The van der Waals surface area contributed by atoms with Gasteiger partial charge in [-0.15, -0.1) is 0 Å². The molecule has 0 saturated heterocycles. The second-order valence-corrected chi connectivity index (χ2v) is 7.52. The van der Waals surface area contributed by atoms with Gasteiger partial charge in [-0.3, -0.25) is 4.79 Å². The van der Waals surface area contributed by atoms with E-state index in [4.69, 9.17) is 23.1 Å². The van der Waals surface area contributed by atoms with Crippen molar-refractivity contribution < 1.29 is 9.18 Å². The van der Waals surface area contributed by atoms with Gasteiger partial charge < -0.3 is 16.8 Å². The summed E-state index contributed by atoms with van der Waals surface area (Å²) in [6.45, 7) is 9.40. The quantitative estimate of drug-likeness (QED) is 0.433. The minimum Gasteiger partial charge on any atom is -0.402 e. The zero-order chi connectivity index (χ0) is 21.0. The van der Waals surface area contributed by atoms with Crippen molar-refractivity contribution >= 4 is 23.1 Å². The van der Waals surface area contributed by atoms with Crippen LogP contribution in [-0.2, 0) is 0 Å². The molecular weight excluding hydrogens is 377 g/mol. The number of benzene rings is 2. The largest absolute Gasteiger partial charge is 0.402 e. The van der Waals surface area contributed by atoms with Gasteiger partial charge in [0.1, 0.15) is 5.82 Å². The Balaban J connectivity index is 2.43. The molecule has 2 rings (SSSR count). The third-order valence-corrected chi connectivity index (χ3v) is 5.03. The molecule has 0 radical (unpaired) electrons. The van der Waals surface area contributed by atoms with Crippen LogP contribution in [0.25, 0.3) is 0 Å². The van der Waals surface area contributed by atoms with Crippen molar-refractivity contribution in [2.75, 3.05) is 5.73 Å². The number of hydrogen-bond acceptors (Lipinski definition) is 4. The summed E-state index contributed by atoms with van der Waals surface area (Å²) in [4.78, 5) is 13.0. The van der Waals surface area contributed by atoms with Crippen LogP contribution in [0.4, 0.5) is 10.1 Å². The second-order valence-electron chi connectivity index (χ2n) is 7.12. The minimum absolute atomic E-state index is 0.0106. The normalized spacial score (nSPS) is 13.2. The van der Waals surface area contributed by atoms with Gasteiger partial charge in [0.15, 0.2) is 5.78 Å². The first-order valence-corrected chi connectivity index (χ1v) is 9.61. The Bertz CT molecular complexity index is 898. The molecule has 2 aromatic carbocycles. The first kappa shape index (κ1) is 21.9. The molecule has 0 fully saturated rings. The number of rotatable bonds is 8. The van der Waals surface area contributed by atoms with Crippen LogP contribution in [0.5, 0.6) is 0 Å². The molecule has 2 atom stereocenters. The maximum atomic E-state index is 15.4. The van der Waals surface area contributed by atoms with Crippen LogP contribution in [-0.4, -0.2) is 11.8 Å². The molecule has 0 aliphatic rings. The molecule has 0 heterocycles. The predicted octanol–water partition coefficient (Wildman–Crippen LogP) is 4.89. The van der Waals surface area contributed by atoms with E-state index in [-0.39, 0.29) is 22.7 Å². The molecule has 0 aliphatic heterocycles. The Morgan fingerprint density at radius 2 is 2.00 bits per heavy atom. The molecule has 0 aliphatic carbocycles. The molecule has 5 N–H and O–H groups in total. The second kappa shape index (κ2) is 9.22. The number of nitrogen functional groups attached to an aromatic ring is 1. The van der Waals surface area contributed by atoms with E-state index in [2.05, 4.69) is 11.9 Å². The zero-order valence-electron chi connectivity index (χ0n) is 16.5. The average molecular weight is 404 g/mol. The average Bonchev–Trinajstić information content (AvgIpc) is 2.61. The molecule has 150 valence electrons. The summed E-state index contributed by atoms with van der Waals surface area (Å²) in [5.41, 5.74) is 14.0. The van der Waals surface area contributed by atoms with Crippen molar-refractivity contribution in [2.45, 2.75) is 45.7 Å². The van der Waals surface area contributed by atoms with Gasteiger partial charge in [0, 0.05) is 41.0 Å². The number of carbonyl (C=O) groups excluding carboxylic acids is 1. The molecule has 0 bridgehead atoms. The standard InChI is InChI=1S/C22H27ClFN3O/c1-5-19(27-14(4)11-13(3)25)16-7-8-17(23)20(21(16)24)22(28)15-6-9-18(26)12(2)10-15/h6-10,14,19,27H,3,5,11,25-26H2,1-2,4H3. The molecule has 0 amide bonds. The molecule has 0 aromatic heterocycles. The Hall–Kier alpha value is -2.37. The van der Waals surface area contributed by atoms with Crippen LogP contribution in [0.2, 0.25) is 5.02 Å². The highest BCUT2D eigenvalue weighted by Gasteiger charge is 2.25. The first-order valence-electron chi connectivity index (χ1n) is 9.23. The molecule has 28 heavy (non-hydrogen) atoms. The van der Waals surface area contributed by atoms with Gasteiger partial charge in [-0.05, 0) is 50.1 Å². The third-order valence-electron chi connectivity index (χ3n) is 4.72. The Kier molecular flexibility index (Phi) is 7.22. The van der Waals surface area contributed by atoms with Gasteiger partial charge in [-0.25, -0.2) is 4.39 Å². The SMILES string of the molecule is C=C(N)CC(C)NC(CC)c1ccc(Cl)c(C(=O)c2ccc(N)c(C)c2)c1F. The van der Waals surface area contributed by atoms with Gasteiger partial charge in [-0.1, -0.05) is 31.2 Å². The van der Waals surface area contributed by atoms with Crippen LogP contribution in [0.1, 0.15) is 59.8 Å². The number of hydrogen-bond donors (Lipinski definition) is 3. The van der Waals surface area contributed by atoms with Crippen molar-refractivity contribution in [1.82, 2.24) is 5.32 Å². The smallest absolute Gasteiger partial charge is 0.197 e. The lowest BCUT2D eigenvalue weighted by atomic mass is 9.95. The van der Waals surface area contributed by atoms with Crippen molar-refractivity contribution in [3.05, 3.63) is 75.7 Å². The van der Waals surface area contributed by atoms with Crippen molar-refractivity contribution in [2.24, 2.45) is 5.73 Å². The lowest BCUT2D eigenvalue weighted by molar-refractivity contribution is 0.103. The van der Waals surface area contributed by atoms with Crippen LogP contribution in [0.3, 0.4) is 0 Å². The number of carbonyl (C=O) groups is 1. The van der Waals surface area contributed by atoms with E-state index < -0.39 is 11.6 Å². The number of halogens is 2. The van der Waals surface area contributed by atoms with Gasteiger partial charge >= 0.3 is 0 Å². The highest BCUT2D eigenvalue weighted by molar-refractivity contribution is 6.35. The molecule has 6 heteroatoms. The van der Waals surface area contributed by atoms with Crippen LogP contribution in [0.15, 0.2) is 42.6 Å². The Labute approximate surface area is 170 Å². The Morgan fingerprint density at radius 3 is 2.57 bits per heavy atom. The van der Waals surface area contributed by atoms with E-state index in [0.717, 1.165) is 5.56 Å². The number of nitrogens with one attached hydrogen (secondary N) is 1. The molecule has 2 unspecified atom stereocenters. The third kappa shape index (κ3) is 4.91. The maximum absolute atomic E-state index is 15.4. The highest BCUT2D eigenvalue weighted by atomic mass is 35.5. The fraction of sp³-hybridized carbons (Fsp3) is 0.318. The Morgan fingerprint density at radius 1 is 1.32 bits per heavy atom. The van der Waals surface area contributed by atoms with Gasteiger partial charge in [0.2, 0.25) is 0 Å². The number of nitrogens with two attached hydrogens (primary N) is 2. The molecule has 0 saturated carbocycles. The van der Waals surface area contributed by atoms with E-state index in [9.17, 15) is 4.79 Å². The lowest BCUT2D eigenvalue weighted by Crippen LogP contribution is -2.32. The topological polar surface area (TPSA) is 81.1 Å². The summed E-state index contributed by atoms with van der Waals surface area (Å²) < 4.78 is 15.4. The fourth-order valence-electron chi connectivity index (χ4n) is 3.23. The monoisotopic (exact) mass is 403 g/mol. The fourth-order valence-corrected chi connectivity index (χ4v) is 3.46. The van der Waals surface area contributed by atoms with Gasteiger partial charge in [0.05, 0.1) is 10.6 Å². The lowest BCUT2D eigenvalue weighted by Gasteiger charge is -2.24. The van der Waals surface area contributed by atoms with E-state index in [0.29, 0.717) is 35.4 Å². The van der Waals surface area contributed by atoms with Gasteiger partial charge in [-0.2, -0.15) is 0 Å². The summed E-state index contributed by atoms with van der Waals surface area (Å²) in [7, 11) is 0. The van der Waals surface area contributed by atoms with Crippen molar-refractivity contribution in [3.63, 3.8) is 0 Å². The maximum Gasteiger partial charge on any atom is 0.197 e. The number of aryl methyl sites for hydroxylation is 1. The van der Waals surface area contributed by atoms with E-state index >= 15 is 4.39 Å². The summed E-state index contributed by atoms with van der Waals surface area (Å²) in [5, 5.41) is 3.43.